The molecule has 0 bridgehead atoms. The second-order valence-corrected chi connectivity index (χ2v) is 5.97. The monoisotopic (exact) mass is 404 g/mol. The SMILES string of the molecule is NC(=O)c1ccccc1NC(=S)NC(=O)C=Cc1ccc(Cl)c([N+](=O)[O-])c1. The third-order valence-electron chi connectivity index (χ3n) is 3.27. The van der Waals surface area contributed by atoms with Gasteiger partial charge < -0.3 is 11.1 Å². The van der Waals surface area contributed by atoms with E-state index in [0.717, 1.165) is 6.08 Å². The Bertz CT molecular complexity index is 962. The summed E-state index contributed by atoms with van der Waals surface area (Å²) >= 11 is 10.8. The van der Waals surface area contributed by atoms with Gasteiger partial charge in [-0.1, -0.05) is 29.8 Å². The first-order valence-corrected chi connectivity index (χ1v) is 8.19. The van der Waals surface area contributed by atoms with Gasteiger partial charge in [-0.2, -0.15) is 0 Å². The van der Waals surface area contributed by atoms with E-state index in [0.29, 0.717) is 11.3 Å². The van der Waals surface area contributed by atoms with Gasteiger partial charge >= 0.3 is 0 Å². The molecule has 0 heterocycles. The van der Waals surface area contributed by atoms with Crippen molar-refractivity contribution < 1.29 is 14.5 Å². The summed E-state index contributed by atoms with van der Waals surface area (Å²) < 4.78 is 0. The Labute approximate surface area is 164 Å². The molecule has 0 radical (unpaired) electrons. The van der Waals surface area contributed by atoms with Crippen molar-refractivity contribution in [3.05, 3.63) is 74.8 Å². The average Bonchev–Trinajstić information content (AvgIpc) is 2.60. The number of thiocarbonyl (C=S) groups is 1. The number of hydrogen-bond acceptors (Lipinski definition) is 5. The van der Waals surface area contributed by atoms with E-state index in [2.05, 4.69) is 10.6 Å². The lowest BCUT2D eigenvalue weighted by atomic mass is 10.1. The van der Waals surface area contributed by atoms with Gasteiger partial charge in [-0.05, 0) is 42.1 Å². The van der Waals surface area contributed by atoms with E-state index in [1.165, 1.54) is 30.3 Å². The molecule has 0 spiro atoms. The highest BCUT2D eigenvalue weighted by Crippen LogP contribution is 2.25. The number of carbonyl (C=O) groups is 2. The van der Waals surface area contributed by atoms with Crippen LogP contribution in [0.25, 0.3) is 6.08 Å². The molecule has 0 aliphatic rings. The maximum Gasteiger partial charge on any atom is 0.288 e. The number of carbonyl (C=O) groups excluding carboxylic acids is 2. The van der Waals surface area contributed by atoms with E-state index in [4.69, 9.17) is 29.6 Å². The fourth-order valence-electron chi connectivity index (χ4n) is 2.06. The number of benzene rings is 2. The molecule has 0 saturated heterocycles. The number of nitrogens with zero attached hydrogens (tertiary/aromatic N) is 1. The Morgan fingerprint density at radius 2 is 1.93 bits per heavy atom. The maximum absolute atomic E-state index is 11.9. The largest absolute Gasteiger partial charge is 0.366 e. The number of anilines is 1. The lowest BCUT2D eigenvalue weighted by Gasteiger charge is -2.10. The van der Waals surface area contributed by atoms with E-state index in [9.17, 15) is 19.7 Å². The predicted molar refractivity (Wildman–Crippen MR) is 106 cm³/mol. The quantitative estimate of drug-likeness (QED) is 0.304. The molecule has 8 nitrogen and oxygen atoms in total. The first-order valence-electron chi connectivity index (χ1n) is 7.40. The van der Waals surface area contributed by atoms with Crippen LogP contribution in [0.3, 0.4) is 0 Å². The summed E-state index contributed by atoms with van der Waals surface area (Å²) in [6, 6.07) is 10.5. The molecule has 0 unspecified atom stereocenters. The van der Waals surface area contributed by atoms with Gasteiger partial charge in [-0.15, -0.1) is 0 Å². The molecule has 2 amide bonds. The van der Waals surface area contributed by atoms with Crippen LogP contribution in [0.5, 0.6) is 0 Å². The zero-order valence-corrected chi connectivity index (χ0v) is 15.2. The Hall–Kier alpha value is -3.30. The molecule has 0 aromatic heterocycles. The Morgan fingerprint density at radius 1 is 1.22 bits per heavy atom. The van der Waals surface area contributed by atoms with Crippen molar-refractivity contribution in [2.45, 2.75) is 0 Å². The van der Waals surface area contributed by atoms with Gasteiger partial charge in [0.1, 0.15) is 5.02 Å². The normalized spacial score (nSPS) is 10.4. The third-order valence-corrected chi connectivity index (χ3v) is 3.80. The first kappa shape index (κ1) is 20.0. The van der Waals surface area contributed by atoms with Crippen LogP contribution in [0.4, 0.5) is 11.4 Å². The van der Waals surface area contributed by atoms with Crippen molar-refractivity contribution in [1.82, 2.24) is 5.32 Å². The van der Waals surface area contributed by atoms with Gasteiger partial charge in [0.05, 0.1) is 16.2 Å². The maximum atomic E-state index is 11.9. The van der Waals surface area contributed by atoms with E-state index < -0.39 is 16.7 Å². The molecule has 4 N–H and O–H groups in total. The predicted octanol–water partition coefficient (Wildman–Crippen LogP) is 2.87. The molecule has 2 rings (SSSR count). The highest BCUT2D eigenvalue weighted by atomic mass is 35.5. The summed E-state index contributed by atoms with van der Waals surface area (Å²) in [6.07, 6.45) is 2.53. The number of primary amides is 1. The van der Waals surface area contributed by atoms with Crippen LogP contribution in [-0.2, 0) is 4.79 Å². The topological polar surface area (TPSA) is 127 Å². The molecule has 0 fully saturated rings. The summed E-state index contributed by atoms with van der Waals surface area (Å²) in [6.45, 7) is 0. The fraction of sp³-hybridized carbons (Fsp3) is 0. The number of nitrogens with two attached hydrogens (primary N) is 1. The minimum Gasteiger partial charge on any atom is -0.366 e. The van der Waals surface area contributed by atoms with Crippen LogP contribution in [0.2, 0.25) is 5.02 Å². The Balaban J connectivity index is 2.02. The van der Waals surface area contributed by atoms with Gasteiger partial charge in [0.25, 0.3) is 11.6 Å². The highest BCUT2D eigenvalue weighted by Gasteiger charge is 2.12. The molecule has 138 valence electrons. The highest BCUT2D eigenvalue weighted by molar-refractivity contribution is 7.80. The van der Waals surface area contributed by atoms with Crippen LogP contribution >= 0.6 is 23.8 Å². The number of rotatable bonds is 5. The van der Waals surface area contributed by atoms with Crippen LogP contribution in [0, 0.1) is 10.1 Å². The molecule has 2 aromatic carbocycles. The lowest BCUT2D eigenvalue weighted by molar-refractivity contribution is -0.384. The van der Waals surface area contributed by atoms with Crippen LogP contribution in [0.1, 0.15) is 15.9 Å². The van der Waals surface area contributed by atoms with Crippen molar-refractivity contribution in [1.29, 1.82) is 0 Å². The molecule has 0 saturated carbocycles. The molecular formula is C17H13ClN4O4S. The second-order valence-electron chi connectivity index (χ2n) is 5.15. The van der Waals surface area contributed by atoms with Gasteiger partial charge in [-0.3, -0.25) is 25.0 Å². The molecule has 0 aliphatic carbocycles. The van der Waals surface area contributed by atoms with Crippen LogP contribution in [0.15, 0.2) is 48.5 Å². The summed E-state index contributed by atoms with van der Waals surface area (Å²) in [5.41, 5.74) is 6.00. The van der Waals surface area contributed by atoms with Gasteiger partial charge in [0.15, 0.2) is 5.11 Å². The van der Waals surface area contributed by atoms with E-state index in [-0.39, 0.29) is 21.4 Å². The van der Waals surface area contributed by atoms with Gasteiger partial charge in [0, 0.05) is 12.1 Å². The average molecular weight is 405 g/mol. The number of para-hydroxylation sites is 1. The van der Waals surface area contributed by atoms with Gasteiger partial charge in [-0.25, -0.2) is 0 Å². The van der Waals surface area contributed by atoms with Crippen molar-refractivity contribution in [3.63, 3.8) is 0 Å². The molecule has 0 aliphatic heterocycles. The molecule has 2 aromatic rings. The first-order chi connectivity index (χ1) is 12.8. The summed E-state index contributed by atoms with van der Waals surface area (Å²) in [4.78, 5) is 33.6. The van der Waals surface area contributed by atoms with Crippen molar-refractivity contribution in [2.75, 3.05) is 5.32 Å². The number of nitro benzene ring substituents is 1. The van der Waals surface area contributed by atoms with E-state index in [1.54, 1.807) is 18.2 Å². The summed E-state index contributed by atoms with van der Waals surface area (Å²) in [7, 11) is 0. The zero-order chi connectivity index (χ0) is 20.0. The zero-order valence-electron chi connectivity index (χ0n) is 13.6. The summed E-state index contributed by atoms with van der Waals surface area (Å²) in [5, 5.41) is 15.9. The number of nitrogens with one attached hydrogen (secondary N) is 2. The van der Waals surface area contributed by atoms with Gasteiger partial charge in [0.2, 0.25) is 5.91 Å². The molecular weight excluding hydrogens is 392 g/mol. The van der Waals surface area contributed by atoms with E-state index >= 15 is 0 Å². The summed E-state index contributed by atoms with van der Waals surface area (Å²) in [5.74, 6) is -1.21. The van der Waals surface area contributed by atoms with Crippen molar-refractivity contribution in [3.8, 4) is 0 Å². The minimum atomic E-state index is -0.642. The van der Waals surface area contributed by atoms with Crippen molar-refractivity contribution >= 4 is 58.2 Å². The molecule has 27 heavy (non-hydrogen) atoms. The second kappa shape index (κ2) is 8.88. The van der Waals surface area contributed by atoms with Crippen LogP contribution in [-0.4, -0.2) is 21.9 Å². The molecule has 0 atom stereocenters. The molecule has 10 heteroatoms. The number of halogens is 1. The van der Waals surface area contributed by atoms with Crippen LogP contribution < -0.4 is 16.4 Å². The lowest BCUT2D eigenvalue weighted by Crippen LogP contribution is -2.33. The smallest absolute Gasteiger partial charge is 0.288 e. The standard InChI is InChI=1S/C17H13ClN4O4S/c18-12-7-5-10(9-14(12)22(25)26)6-8-15(23)21-17(27)20-13-4-2-1-3-11(13)16(19)24/h1-9H,(H2,19,24)(H2,20,21,23,27). The number of amides is 2. The fourth-order valence-corrected chi connectivity index (χ4v) is 2.46. The van der Waals surface area contributed by atoms with Crippen molar-refractivity contribution in [2.24, 2.45) is 5.73 Å². The number of nitro groups is 1. The Morgan fingerprint density at radius 3 is 2.59 bits per heavy atom. The minimum absolute atomic E-state index is 0.0000884. The van der Waals surface area contributed by atoms with E-state index in [1.807, 2.05) is 0 Å². The third kappa shape index (κ3) is 5.59. The number of hydrogen-bond donors (Lipinski definition) is 3. The Kier molecular flexibility index (Phi) is 6.58.